The third-order valence-electron chi connectivity index (χ3n) is 4.37. The minimum absolute atomic E-state index is 0.284. The molecule has 100 valence electrons. The van der Waals surface area contributed by atoms with Crippen LogP contribution in [0.2, 0.25) is 0 Å². The summed E-state index contributed by atoms with van der Waals surface area (Å²) >= 11 is 0. The topological polar surface area (TPSA) is 20.3 Å². The summed E-state index contributed by atoms with van der Waals surface area (Å²) in [6.07, 6.45) is 4.16. The molecule has 0 unspecified atom stereocenters. The lowest BCUT2D eigenvalue weighted by molar-refractivity contribution is -0.125. The highest BCUT2D eigenvalue weighted by atomic mass is 16.1. The largest absolute Gasteiger partial charge is 0.369 e. The Balaban J connectivity index is 1.86. The Morgan fingerprint density at radius 3 is 2.32 bits per heavy atom. The van der Waals surface area contributed by atoms with Crippen LogP contribution < -0.4 is 0 Å². The summed E-state index contributed by atoms with van der Waals surface area (Å²) in [5, 5.41) is 0. The number of fused-ring (bicyclic) bond motifs is 3. The predicted octanol–water partition coefficient (Wildman–Crippen LogP) is 3.45. The van der Waals surface area contributed by atoms with Gasteiger partial charge in [-0.3, -0.25) is 4.79 Å². The second-order valence-corrected chi connectivity index (χ2v) is 5.98. The molecule has 3 fully saturated rings. The molecule has 0 N–H and O–H groups in total. The average Bonchev–Trinajstić information content (AvgIpc) is 2.44. The third-order valence-corrected chi connectivity index (χ3v) is 4.37. The van der Waals surface area contributed by atoms with Gasteiger partial charge in [-0.15, -0.1) is 0 Å². The molecule has 0 amide bonds. The van der Waals surface area contributed by atoms with Gasteiger partial charge in [0.05, 0.1) is 5.70 Å². The van der Waals surface area contributed by atoms with Crippen LogP contribution in [-0.2, 0) is 4.79 Å². The fourth-order valence-corrected chi connectivity index (χ4v) is 3.04. The molecule has 1 aromatic carbocycles. The van der Waals surface area contributed by atoms with E-state index in [9.17, 15) is 4.79 Å². The minimum atomic E-state index is 0.284. The first-order valence-corrected chi connectivity index (χ1v) is 7.26. The van der Waals surface area contributed by atoms with Gasteiger partial charge in [0, 0.05) is 19.0 Å². The van der Waals surface area contributed by atoms with Crippen molar-refractivity contribution >= 4 is 11.9 Å². The van der Waals surface area contributed by atoms with Crippen LogP contribution in [0.25, 0.3) is 6.08 Å². The summed E-state index contributed by atoms with van der Waals surface area (Å²) in [4.78, 5) is 14.5. The van der Waals surface area contributed by atoms with E-state index in [4.69, 9.17) is 0 Å². The van der Waals surface area contributed by atoms with Crippen molar-refractivity contribution in [2.24, 2.45) is 5.92 Å². The van der Waals surface area contributed by atoms with Crippen LogP contribution in [0, 0.1) is 5.92 Å². The first-order valence-electron chi connectivity index (χ1n) is 7.26. The Bertz CT molecular complexity index is 505. The second-order valence-electron chi connectivity index (χ2n) is 5.98. The average molecular weight is 255 g/mol. The van der Waals surface area contributed by atoms with Crippen molar-refractivity contribution in [3.63, 3.8) is 0 Å². The van der Waals surface area contributed by atoms with E-state index in [0.717, 1.165) is 37.2 Å². The number of nitrogens with zero attached hydrogens (tertiary/aromatic N) is 1. The SMILES string of the molecule is CC(C)c1ccc(/C=C2/C(=O)C3CCN2CC3)cc1. The molecule has 1 aromatic rings. The maximum Gasteiger partial charge on any atom is 0.182 e. The molecule has 3 aliphatic rings. The van der Waals surface area contributed by atoms with Crippen molar-refractivity contribution in [1.29, 1.82) is 0 Å². The van der Waals surface area contributed by atoms with E-state index in [1.807, 2.05) is 0 Å². The van der Waals surface area contributed by atoms with E-state index < -0.39 is 0 Å². The number of carbonyl (C=O) groups is 1. The van der Waals surface area contributed by atoms with Crippen LogP contribution >= 0.6 is 0 Å². The van der Waals surface area contributed by atoms with Crippen LogP contribution in [0.4, 0.5) is 0 Å². The van der Waals surface area contributed by atoms with Crippen molar-refractivity contribution in [1.82, 2.24) is 4.90 Å². The molecule has 2 bridgehead atoms. The lowest BCUT2D eigenvalue weighted by Gasteiger charge is -2.41. The van der Waals surface area contributed by atoms with Gasteiger partial charge in [0.2, 0.25) is 0 Å². The molecule has 3 heterocycles. The standard InChI is InChI=1S/C17H21NO/c1-12(2)14-5-3-13(4-6-14)11-16-17(19)15-7-9-18(16)10-8-15/h3-6,11-12,15H,7-10H2,1-2H3/b16-11-. The summed E-state index contributed by atoms with van der Waals surface area (Å²) in [7, 11) is 0. The van der Waals surface area contributed by atoms with Crippen molar-refractivity contribution in [3.8, 4) is 0 Å². The fourth-order valence-electron chi connectivity index (χ4n) is 3.04. The van der Waals surface area contributed by atoms with Crippen LogP contribution in [0.15, 0.2) is 30.0 Å². The molecule has 0 saturated carbocycles. The maximum absolute atomic E-state index is 12.3. The van der Waals surface area contributed by atoms with Gasteiger partial charge < -0.3 is 4.90 Å². The fraction of sp³-hybridized carbons (Fsp3) is 0.471. The van der Waals surface area contributed by atoms with Gasteiger partial charge >= 0.3 is 0 Å². The van der Waals surface area contributed by atoms with Crippen molar-refractivity contribution in [2.45, 2.75) is 32.6 Å². The molecule has 0 aliphatic carbocycles. The van der Waals surface area contributed by atoms with Crippen LogP contribution in [0.3, 0.4) is 0 Å². The predicted molar refractivity (Wildman–Crippen MR) is 77.8 cm³/mol. The molecule has 2 nitrogen and oxygen atoms in total. The number of carbonyl (C=O) groups excluding carboxylic acids is 1. The monoisotopic (exact) mass is 255 g/mol. The molecule has 19 heavy (non-hydrogen) atoms. The van der Waals surface area contributed by atoms with E-state index in [0.29, 0.717) is 11.7 Å². The van der Waals surface area contributed by atoms with Gasteiger partial charge in [-0.05, 0) is 36.0 Å². The highest BCUT2D eigenvalue weighted by molar-refractivity contribution is 6.01. The Hall–Kier alpha value is -1.57. The van der Waals surface area contributed by atoms with Gasteiger partial charge in [-0.2, -0.15) is 0 Å². The third kappa shape index (κ3) is 2.32. The van der Waals surface area contributed by atoms with E-state index in [1.165, 1.54) is 5.56 Å². The first-order chi connectivity index (χ1) is 9.15. The van der Waals surface area contributed by atoms with Crippen molar-refractivity contribution in [3.05, 3.63) is 41.1 Å². The van der Waals surface area contributed by atoms with E-state index in [1.54, 1.807) is 0 Å². The number of allylic oxidation sites excluding steroid dienone is 1. The van der Waals surface area contributed by atoms with Crippen molar-refractivity contribution in [2.75, 3.05) is 13.1 Å². The van der Waals surface area contributed by atoms with Gasteiger partial charge in [0.1, 0.15) is 0 Å². The van der Waals surface area contributed by atoms with E-state index in [-0.39, 0.29) is 5.92 Å². The van der Waals surface area contributed by atoms with Gasteiger partial charge in [0.25, 0.3) is 0 Å². The number of benzene rings is 1. The zero-order chi connectivity index (χ0) is 13.4. The molecular formula is C17H21NO. The summed E-state index contributed by atoms with van der Waals surface area (Å²) in [6, 6.07) is 8.58. The molecular weight excluding hydrogens is 234 g/mol. The van der Waals surface area contributed by atoms with Gasteiger partial charge in [0.15, 0.2) is 5.78 Å². The molecule has 4 rings (SSSR count). The van der Waals surface area contributed by atoms with Crippen LogP contribution in [0.5, 0.6) is 0 Å². The van der Waals surface area contributed by atoms with Crippen molar-refractivity contribution < 1.29 is 4.79 Å². The summed E-state index contributed by atoms with van der Waals surface area (Å²) < 4.78 is 0. The molecule has 0 radical (unpaired) electrons. The lowest BCUT2D eigenvalue weighted by Crippen LogP contribution is -2.45. The lowest BCUT2D eigenvalue weighted by atomic mass is 9.84. The Labute approximate surface area is 115 Å². The number of Topliss-reactive ketones (excluding diaryl/α,β-unsaturated/α-hetero) is 1. The number of hydrogen-bond donors (Lipinski definition) is 0. The van der Waals surface area contributed by atoms with E-state index in [2.05, 4.69) is 49.1 Å². The zero-order valence-corrected chi connectivity index (χ0v) is 11.7. The quantitative estimate of drug-likeness (QED) is 0.754. The second kappa shape index (κ2) is 4.84. The van der Waals surface area contributed by atoms with Gasteiger partial charge in [-0.25, -0.2) is 0 Å². The molecule has 2 heteroatoms. The van der Waals surface area contributed by atoms with E-state index >= 15 is 0 Å². The highest BCUT2D eigenvalue weighted by Gasteiger charge is 2.36. The van der Waals surface area contributed by atoms with Crippen LogP contribution in [-0.4, -0.2) is 23.8 Å². The normalized spacial score (nSPS) is 21.7. The van der Waals surface area contributed by atoms with Gasteiger partial charge in [-0.1, -0.05) is 38.1 Å². The minimum Gasteiger partial charge on any atom is -0.369 e. The molecule has 3 saturated heterocycles. The summed E-state index contributed by atoms with van der Waals surface area (Å²) in [6.45, 7) is 6.49. The Morgan fingerprint density at radius 1 is 1.16 bits per heavy atom. The summed E-state index contributed by atoms with van der Waals surface area (Å²) in [5.74, 6) is 1.19. The molecule has 0 atom stereocenters. The molecule has 0 spiro atoms. The zero-order valence-electron chi connectivity index (χ0n) is 11.7. The van der Waals surface area contributed by atoms with Crippen LogP contribution in [0.1, 0.15) is 43.7 Å². The number of rotatable bonds is 2. The number of ketones is 1. The highest BCUT2D eigenvalue weighted by Crippen LogP contribution is 2.32. The Kier molecular flexibility index (Phi) is 3.17. The smallest absolute Gasteiger partial charge is 0.182 e. The number of piperidine rings is 3. The molecule has 3 aliphatic heterocycles. The molecule has 0 aromatic heterocycles. The first kappa shape index (κ1) is 12.5. The maximum atomic E-state index is 12.3. The Morgan fingerprint density at radius 2 is 1.79 bits per heavy atom. The number of hydrogen-bond acceptors (Lipinski definition) is 2. The summed E-state index contributed by atoms with van der Waals surface area (Å²) in [5.41, 5.74) is 3.42.